The van der Waals surface area contributed by atoms with E-state index in [0.717, 1.165) is 26.3 Å². The van der Waals surface area contributed by atoms with Crippen LogP contribution in [0, 0.1) is 5.41 Å². The Balaban J connectivity index is 1.98. The van der Waals surface area contributed by atoms with Crippen molar-refractivity contribution >= 4 is 0 Å². The normalized spacial score (nSPS) is 19.8. The molecule has 2 heterocycles. The number of rotatable bonds is 4. The molecule has 0 unspecified atom stereocenters. The largest absolute Gasteiger partial charge is 0.380 e. The van der Waals surface area contributed by atoms with Crippen molar-refractivity contribution in [2.75, 3.05) is 26.8 Å². The van der Waals surface area contributed by atoms with E-state index < -0.39 is 0 Å². The lowest BCUT2D eigenvalue weighted by atomic mass is 9.86. The second kappa shape index (κ2) is 3.43. The molecule has 0 bridgehead atoms. The Hall–Kier alpha value is -0.940. The summed E-state index contributed by atoms with van der Waals surface area (Å²) in [5, 5.41) is 7.27. The fraction of sp³-hybridized carbons (Fsp3) is 0.750. The van der Waals surface area contributed by atoms with Crippen LogP contribution in [0.3, 0.4) is 0 Å². The molecule has 1 aromatic rings. The Bertz CT molecular complexity index is 255. The Morgan fingerprint density at radius 2 is 2.46 bits per heavy atom. The molecule has 1 saturated heterocycles. The van der Waals surface area contributed by atoms with Crippen LogP contribution in [0.2, 0.25) is 0 Å². The van der Waals surface area contributed by atoms with Gasteiger partial charge in [-0.15, -0.1) is 0 Å². The fourth-order valence-corrected chi connectivity index (χ4v) is 1.67. The van der Waals surface area contributed by atoms with Gasteiger partial charge >= 0.3 is 0 Å². The van der Waals surface area contributed by atoms with Crippen molar-refractivity contribution in [3.63, 3.8) is 0 Å². The maximum absolute atomic E-state index is 5.24. The van der Waals surface area contributed by atoms with E-state index >= 15 is 0 Å². The third kappa shape index (κ3) is 1.71. The minimum Gasteiger partial charge on any atom is -0.380 e. The van der Waals surface area contributed by atoms with Gasteiger partial charge in [0.25, 0.3) is 0 Å². The summed E-state index contributed by atoms with van der Waals surface area (Å²) >= 11 is 0. The summed E-state index contributed by atoms with van der Waals surface area (Å²) in [6.45, 7) is 3.47. The number of hydrogen-bond donors (Lipinski definition) is 1. The number of hydrogen-bond acceptors (Lipinski definition) is 4. The Morgan fingerprint density at radius 3 is 2.92 bits per heavy atom. The van der Waals surface area contributed by atoms with Crippen molar-refractivity contribution in [3.8, 4) is 0 Å². The van der Waals surface area contributed by atoms with Gasteiger partial charge in [-0.2, -0.15) is 5.10 Å². The lowest BCUT2D eigenvalue weighted by Gasteiger charge is -2.41. The molecule has 0 amide bonds. The van der Waals surface area contributed by atoms with Crippen LogP contribution in [0.5, 0.6) is 0 Å². The van der Waals surface area contributed by atoms with Crippen LogP contribution in [-0.4, -0.2) is 41.6 Å². The molecule has 1 N–H and O–H groups in total. The zero-order valence-electron chi connectivity index (χ0n) is 7.73. The predicted octanol–water partition coefficient (Wildman–Crippen LogP) is -0.486. The zero-order valence-corrected chi connectivity index (χ0v) is 7.73. The highest BCUT2D eigenvalue weighted by molar-refractivity contribution is 4.87. The summed E-state index contributed by atoms with van der Waals surface area (Å²) in [4.78, 5) is 3.92. The van der Waals surface area contributed by atoms with E-state index in [4.69, 9.17) is 4.74 Å². The Labute approximate surface area is 77.1 Å². The molecule has 0 radical (unpaired) electrons. The van der Waals surface area contributed by atoms with Crippen LogP contribution in [-0.2, 0) is 11.3 Å². The highest BCUT2D eigenvalue weighted by atomic mass is 16.5. The van der Waals surface area contributed by atoms with Crippen molar-refractivity contribution in [2.45, 2.75) is 6.54 Å². The van der Waals surface area contributed by atoms with Crippen LogP contribution in [0.15, 0.2) is 12.7 Å². The third-order valence-electron chi connectivity index (χ3n) is 2.33. The molecule has 5 nitrogen and oxygen atoms in total. The van der Waals surface area contributed by atoms with Crippen molar-refractivity contribution in [2.24, 2.45) is 5.41 Å². The quantitative estimate of drug-likeness (QED) is 0.683. The molecule has 2 rings (SSSR count). The number of nitrogens with zero attached hydrogens (tertiary/aromatic N) is 3. The zero-order chi connectivity index (χ0) is 9.15. The molecule has 0 aromatic carbocycles. The molecule has 5 heteroatoms. The monoisotopic (exact) mass is 182 g/mol. The van der Waals surface area contributed by atoms with Crippen LogP contribution >= 0.6 is 0 Å². The highest BCUT2D eigenvalue weighted by Gasteiger charge is 2.38. The lowest BCUT2D eigenvalue weighted by Crippen LogP contribution is -2.51. The van der Waals surface area contributed by atoms with Gasteiger partial charge in [0.15, 0.2) is 0 Å². The fourth-order valence-electron chi connectivity index (χ4n) is 1.67. The van der Waals surface area contributed by atoms with Crippen LogP contribution in [0.25, 0.3) is 0 Å². The van der Waals surface area contributed by atoms with Gasteiger partial charge in [0, 0.05) is 12.0 Å². The maximum Gasteiger partial charge on any atom is 0.137 e. The van der Waals surface area contributed by atoms with E-state index in [1.165, 1.54) is 0 Å². The van der Waals surface area contributed by atoms with Gasteiger partial charge in [-0.05, 0) is 7.05 Å². The first kappa shape index (κ1) is 8.65. The minimum absolute atomic E-state index is 0.225. The number of aromatic nitrogens is 3. The van der Waals surface area contributed by atoms with Gasteiger partial charge < -0.3 is 10.1 Å². The van der Waals surface area contributed by atoms with E-state index in [9.17, 15) is 0 Å². The summed E-state index contributed by atoms with van der Waals surface area (Å²) in [6, 6.07) is 0. The maximum atomic E-state index is 5.24. The average Bonchev–Trinajstić information content (AvgIpc) is 2.53. The first-order chi connectivity index (χ1) is 6.35. The second-order valence-electron chi connectivity index (χ2n) is 3.62. The molecule has 0 saturated carbocycles. The molecule has 0 aliphatic carbocycles. The van der Waals surface area contributed by atoms with Crippen molar-refractivity contribution in [1.29, 1.82) is 0 Å². The van der Waals surface area contributed by atoms with Gasteiger partial charge in [-0.3, -0.25) is 4.68 Å². The molecule has 1 aromatic heterocycles. The highest BCUT2D eigenvalue weighted by Crippen LogP contribution is 2.28. The third-order valence-corrected chi connectivity index (χ3v) is 2.33. The number of ether oxygens (including phenoxy) is 1. The first-order valence-electron chi connectivity index (χ1n) is 4.39. The predicted molar refractivity (Wildman–Crippen MR) is 47.2 cm³/mol. The van der Waals surface area contributed by atoms with E-state index in [2.05, 4.69) is 15.4 Å². The van der Waals surface area contributed by atoms with Crippen LogP contribution in [0.1, 0.15) is 0 Å². The molecular formula is C8H14N4O. The van der Waals surface area contributed by atoms with Gasteiger partial charge in [0.05, 0.1) is 19.8 Å². The van der Waals surface area contributed by atoms with Crippen molar-refractivity contribution in [3.05, 3.63) is 12.7 Å². The van der Waals surface area contributed by atoms with Crippen molar-refractivity contribution < 1.29 is 4.74 Å². The summed E-state index contributed by atoms with van der Waals surface area (Å²) in [7, 11) is 1.96. The Kier molecular flexibility index (Phi) is 2.28. The smallest absolute Gasteiger partial charge is 0.137 e. The lowest BCUT2D eigenvalue weighted by molar-refractivity contribution is -0.120. The number of nitrogens with one attached hydrogen (secondary N) is 1. The van der Waals surface area contributed by atoms with E-state index in [1.807, 2.05) is 11.7 Å². The molecule has 1 fully saturated rings. The molecule has 72 valence electrons. The van der Waals surface area contributed by atoms with Gasteiger partial charge in [-0.25, -0.2) is 4.98 Å². The second-order valence-corrected chi connectivity index (χ2v) is 3.62. The van der Waals surface area contributed by atoms with Crippen LogP contribution in [0.4, 0.5) is 0 Å². The molecule has 1 aliphatic heterocycles. The van der Waals surface area contributed by atoms with Crippen molar-refractivity contribution in [1.82, 2.24) is 20.1 Å². The van der Waals surface area contributed by atoms with E-state index in [-0.39, 0.29) is 5.41 Å². The summed E-state index contributed by atoms with van der Waals surface area (Å²) in [6.07, 6.45) is 3.31. The van der Waals surface area contributed by atoms with Gasteiger partial charge in [0.1, 0.15) is 12.7 Å². The molecule has 0 atom stereocenters. The standard InChI is InChI=1S/C8H14N4O/c1-9-2-8(4-13-5-8)3-12-7-10-6-11-12/h6-7,9H,2-5H2,1H3. The topological polar surface area (TPSA) is 52.0 Å². The van der Waals surface area contributed by atoms with Gasteiger partial charge in [0.2, 0.25) is 0 Å². The molecular weight excluding hydrogens is 168 g/mol. The summed E-state index contributed by atoms with van der Waals surface area (Å²) in [5.74, 6) is 0. The average molecular weight is 182 g/mol. The Morgan fingerprint density at radius 1 is 1.62 bits per heavy atom. The van der Waals surface area contributed by atoms with E-state index in [1.54, 1.807) is 12.7 Å². The summed E-state index contributed by atoms with van der Waals surface area (Å²) < 4.78 is 7.10. The SMILES string of the molecule is CNCC1(Cn2cncn2)COC1. The van der Waals surface area contributed by atoms with E-state index in [0.29, 0.717) is 0 Å². The molecule has 13 heavy (non-hydrogen) atoms. The minimum atomic E-state index is 0.225. The van der Waals surface area contributed by atoms with Gasteiger partial charge in [-0.1, -0.05) is 0 Å². The molecule has 1 aliphatic rings. The first-order valence-corrected chi connectivity index (χ1v) is 4.39. The van der Waals surface area contributed by atoms with Crippen LogP contribution < -0.4 is 5.32 Å². The summed E-state index contributed by atoms with van der Waals surface area (Å²) in [5.41, 5.74) is 0.225. The molecule has 0 spiro atoms.